The number of hydrogen-bond donors (Lipinski definition) is 1. The Hall–Kier alpha value is -0.830. The second-order valence-electron chi connectivity index (χ2n) is 4.72. The molecule has 0 aliphatic heterocycles. The summed E-state index contributed by atoms with van der Waals surface area (Å²) >= 11 is 0. The van der Waals surface area contributed by atoms with Gasteiger partial charge in [0.1, 0.15) is 0 Å². The van der Waals surface area contributed by atoms with Gasteiger partial charge < -0.3 is 10.2 Å². The van der Waals surface area contributed by atoms with Crippen LogP contribution >= 0.6 is 0 Å². The quantitative estimate of drug-likeness (QED) is 0.470. The summed E-state index contributed by atoms with van der Waals surface area (Å²) < 4.78 is 0. The largest absolute Gasteiger partial charge is 0.353 e. The van der Waals surface area contributed by atoms with Crippen LogP contribution in [-0.4, -0.2) is 38.0 Å². The maximum atomic E-state index is 11.3. The van der Waals surface area contributed by atoms with E-state index in [1.54, 1.807) is 6.08 Å². The monoisotopic (exact) mass is 240 g/mol. The Morgan fingerprint density at radius 1 is 1.12 bits per heavy atom. The molecule has 1 N–H and O–H groups in total. The van der Waals surface area contributed by atoms with Crippen molar-refractivity contribution in [2.45, 2.75) is 45.4 Å². The summed E-state index contributed by atoms with van der Waals surface area (Å²) in [4.78, 5) is 13.4. The van der Waals surface area contributed by atoms with E-state index in [2.05, 4.69) is 12.2 Å². The lowest BCUT2D eigenvalue weighted by molar-refractivity contribution is -0.116. The molecule has 0 aromatic heterocycles. The summed E-state index contributed by atoms with van der Waals surface area (Å²) in [5, 5.41) is 2.90. The third kappa shape index (κ3) is 13.1. The van der Waals surface area contributed by atoms with E-state index < -0.39 is 0 Å². The SMILES string of the molecule is CCCCCCCCNC(=O)/C=C/CN(C)C. The summed E-state index contributed by atoms with van der Waals surface area (Å²) in [6.07, 6.45) is 11.1. The number of amides is 1. The molecule has 0 bridgehead atoms. The van der Waals surface area contributed by atoms with Gasteiger partial charge in [0.25, 0.3) is 0 Å². The minimum atomic E-state index is 0.0282. The van der Waals surface area contributed by atoms with Gasteiger partial charge in [-0.1, -0.05) is 45.1 Å². The number of hydrogen-bond acceptors (Lipinski definition) is 2. The first-order chi connectivity index (χ1) is 8.16. The van der Waals surface area contributed by atoms with E-state index in [1.807, 2.05) is 25.1 Å². The summed E-state index contributed by atoms with van der Waals surface area (Å²) in [7, 11) is 3.97. The third-order valence-electron chi connectivity index (χ3n) is 2.57. The highest BCUT2D eigenvalue weighted by Crippen LogP contribution is 2.03. The second-order valence-corrected chi connectivity index (χ2v) is 4.72. The topological polar surface area (TPSA) is 32.3 Å². The zero-order valence-corrected chi connectivity index (χ0v) is 11.7. The summed E-state index contributed by atoms with van der Waals surface area (Å²) in [6.45, 7) is 3.84. The molecule has 1 amide bonds. The molecule has 0 aromatic rings. The molecule has 0 saturated carbocycles. The molecule has 0 aliphatic rings. The Kier molecular flexibility index (Phi) is 11.1. The molecule has 0 unspecified atom stereocenters. The Bertz CT molecular complexity index is 212. The second kappa shape index (κ2) is 11.6. The van der Waals surface area contributed by atoms with Gasteiger partial charge in [0, 0.05) is 19.2 Å². The number of carbonyl (C=O) groups excluding carboxylic acids is 1. The van der Waals surface area contributed by atoms with Crippen molar-refractivity contribution >= 4 is 5.91 Å². The number of likely N-dealkylation sites (N-methyl/N-ethyl adjacent to an activating group) is 1. The van der Waals surface area contributed by atoms with Crippen LogP contribution in [-0.2, 0) is 4.79 Å². The number of nitrogens with one attached hydrogen (secondary N) is 1. The van der Waals surface area contributed by atoms with Gasteiger partial charge in [0.05, 0.1) is 0 Å². The fourth-order valence-corrected chi connectivity index (χ4v) is 1.55. The predicted molar refractivity (Wildman–Crippen MR) is 74.1 cm³/mol. The van der Waals surface area contributed by atoms with E-state index in [0.29, 0.717) is 0 Å². The van der Waals surface area contributed by atoms with Crippen molar-refractivity contribution in [2.24, 2.45) is 0 Å². The molecule has 0 heterocycles. The maximum absolute atomic E-state index is 11.3. The first-order valence-corrected chi connectivity index (χ1v) is 6.76. The summed E-state index contributed by atoms with van der Waals surface area (Å²) in [6, 6.07) is 0. The van der Waals surface area contributed by atoms with E-state index in [9.17, 15) is 4.79 Å². The average molecular weight is 240 g/mol. The fourth-order valence-electron chi connectivity index (χ4n) is 1.55. The van der Waals surface area contributed by atoms with E-state index in [-0.39, 0.29) is 5.91 Å². The number of unbranched alkanes of at least 4 members (excludes halogenated alkanes) is 5. The molecule has 0 atom stereocenters. The fraction of sp³-hybridized carbons (Fsp3) is 0.786. The van der Waals surface area contributed by atoms with Crippen molar-refractivity contribution in [3.8, 4) is 0 Å². The van der Waals surface area contributed by atoms with Crippen LogP contribution in [0.25, 0.3) is 0 Å². The molecule has 3 heteroatoms. The Balaban J connectivity index is 3.30. The van der Waals surface area contributed by atoms with Crippen LogP contribution < -0.4 is 5.32 Å². The highest BCUT2D eigenvalue weighted by atomic mass is 16.1. The van der Waals surface area contributed by atoms with Crippen molar-refractivity contribution in [1.29, 1.82) is 0 Å². The minimum Gasteiger partial charge on any atom is -0.353 e. The number of carbonyl (C=O) groups is 1. The average Bonchev–Trinajstić information content (AvgIpc) is 2.27. The Labute approximate surface area is 106 Å². The maximum Gasteiger partial charge on any atom is 0.243 e. The van der Waals surface area contributed by atoms with E-state index in [1.165, 1.54) is 32.1 Å². The van der Waals surface area contributed by atoms with Gasteiger partial charge in [-0.25, -0.2) is 0 Å². The Morgan fingerprint density at radius 3 is 2.41 bits per heavy atom. The van der Waals surface area contributed by atoms with Gasteiger partial charge in [-0.15, -0.1) is 0 Å². The van der Waals surface area contributed by atoms with Crippen LogP contribution in [0.4, 0.5) is 0 Å². The third-order valence-corrected chi connectivity index (χ3v) is 2.57. The Morgan fingerprint density at radius 2 is 1.76 bits per heavy atom. The molecule has 0 rings (SSSR count). The van der Waals surface area contributed by atoms with Crippen LogP contribution in [0.5, 0.6) is 0 Å². The first kappa shape index (κ1) is 16.2. The smallest absolute Gasteiger partial charge is 0.243 e. The lowest BCUT2D eigenvalue weighted by atomic mass is 10.1. The van der Waals surface area contributed by atoms with Crippen LogP contribution in [0.3, 0.4) is 0 Å². The molecule has 17 heavy (non-hydrogen) atoms. The number of nitrogens with zero attached hydrogens (tertiary/aromatic N) is 1. The van der Waals surface area contributed by atoms with Crippen molar-refractivity contribution < 1.29 is 4.79 Å². The van der Waals surface area contributed by atoms with Gasteiger partial charge >= 0.3 is 0 Å². The molecule has 0 fully saturated rings. The normalized spacial score (nSPS) is 11.3. The minimum absolute atomic E-state index is 0.0282. The molecular weight excluding hydrogens is 212 g/mol. The van der Waals surface area contributed by atoms with Crippen molar-refractivity contribution in [2.75, 3.05) is 27.2 Å². The summed E-state index contributed by atoms with van der Waals surface area (Å²) in [5.41, 5.74) is 0. The van der Waals surface area contributed by atoms with Crippen molar-refractivity contribution in [3.05, 3.63) is 12.2 Å². The molecule has 0 saturated heterocycles. The number of rotatable bonds is 10. The molecule has 3 nitrogen and oxygen atoms in total. The van der Waals surface area contributed by atoms with Gasteiger partial charge in [-0.3, -0.25) is 4.79 Å². The molecular formula is C14H28N2O. The zero-order valence-electron chi connectivity index (χ0n) is 11.7. The molecule has 0 aliphatic carbocycles. The molecule has 0 aromatic carbocycles. The molecule has 100 valence electrons. The van der Waals surface area contributed by atoms with Gasteiger partial charge in [-0.2, -0.15) is 0 Å². The van der Waals surface area contributed by atoms with Crippen molar-refractivity contribution in [1.82, 2.24) is 10.2 Å². The molecule has 0 radical (unpaired) electrons. The van der Waals surface area contributed by atoms with E-state index in [4.69, 9.17) is 0 Å². The van der Waals surface area contributed by atoms with Crippen LogP contribution in [0.1, 0.15) is 45.4 Å². The summed E-state index contributed by atoms with van der Waals surface area (Å²) in [5.74, 6) is 0.0282. The zero-order chi connectivity index (χ0) is 12.9. The van der Waals surface area contributed by atoms with E-state index in [0.717, 1.165) is 19.5 Å². The lowest BCUT2D eigenvalue weighted by Gasteiger charge is -2.04. The lowest BCUT2D eigenvalue weighted by Crippen LogP contribution is -2.22. The predicted octanol–water partition coefficient (Wildman–Crippen LogP) is 2.58. The van der Waals surface area contributed by atoms with Gasteiger partial charge in [0.2, 0.25) is 5.91 Å². The van der Waals surface area contributed by atoms with Crippen LogP contribution in [0.15, 0.2) is 12.2 Å². The highest BCUT2D eigenvalue weighted by molar-refractivity contribution is 5.87. The first-order valence-electron chi connectivity index (χ1n) is 6.76. The molecule has 0 spiro atoms. The van der Waals surface area contributed by atoms with Crippen molar-refractivity contribution in [3.63, 3.8) is 0 Å². The highest BCUT2D eigenvalue weighted by Gasteiger charge is 1.94. The van der Waals surface area contributed by atoms with Crippen LogP contribution in [0.2, 0.25) is 0 Å². The van der Waals surface area contributed by atoms with E-state index >= 15 is 0 Å². The van der Waals surface area contributed by atoms with Crippen LogP contribution in [0, 0.1) is 0 Å². The standard InChI is InChI=1S/C14H28N2O/c1-4-5-6-7-8-9-12-15-14(17)11-10-13-16(2)3/h10-11H,4-9,12-13H2,1-3H3,(H,15,17)/b11-10+. The van der Waals surface area contributed by atoms with Gasteiger partial charge in [-0.05, 0) is 20.5 Å². The van der Waals surface area contributed by atoms with Gasteiger partial charge in [0.15, 0.2) is 0 Å².